The molecule has 3 rings (SSSR count). The van der Waals surface area contributed by atoms with E-state index < -0.39 is 12.2 Å². The summed E-state index contributed by atoms with van der Waals surface area (Å²) in [4.78, 5) is 9.74. The third kappa shape index (κ3) is 4.84. The van der Waals surface area contributed by atoms with E-state index in [1.165, 1.54) is 36.7 Å². The third-order valence-electron chi connectivity index (χ3n) is 3.57. The summed E-state index contributed by atoms with van der Waals surface area (Å²) in [7, 11) is 1.66. The molecule has 3 aromatic rings. The number of alkyl halides is 3. The highest BCUT2D eigenvalue weighted by Crippen LogP contribution is 2.27. The van der Waals surface area contributed by atoms with Crippen LogP contribution in [0.2, 0.25) is 0 Å². The number of rotatable bonds is 5. The number of nitrogens with one attached hydrogen (secondary N) is 1. The zero-order valence-corrected chi connectivity index (χ0v) is 14.0. The van der Waals surface area contributed by atoms with Crippen molar-refractivity contribution in [3.05, 3.63) is 66.7 Å². The number of aromatic nitrogens is 2. The highest BCUT2D eigenvalue weighted by Gasteiger charge is 2.30. The zero-order valence-electron chi connectivity index (χ0n) is 14.0. The summed E-state index contributed by atoms with van der Waals surface area (Å²) in [5.41, 5.74) is 0.846. The third-order valence-corrected chi connectivity index (χ3v) is 3.57. The maximum Gasteiger partial charge on any atom is 0.573 e. The Morgan fingerprint density at radius 2 is 1.70 bits per heavy atom. The molecule has 140 valence electrons. The molecule has 27 heavy (non-hydrogen) atoms. The molecule has 0 radical (unpaired) electrons. The molecule has 0 saturated carbocycles. The largest absolute Gasteiger partial charge is 0.573 e. The minimum Gasteiger partial charge on any atom is -0.406 e. The lowest BCUT2D eigenvalue weighted by Crippen LogP contribution is -2.17. The summed E-state index contributed by atoms with van der Waals surface area (Å²) >= 11 is 0. The van der Waals surface area contributed by atoms with E-state index in [4.69, 9.17) is 0 Å². The van der Waals surface area contributed by atoms with Gasteiger partial charge in [-0.1, -0.05) is 12.1 Å². The monoisotopic (exact) mass is 378 g/mol. The van der Waals surface area contributed by atoms with E-state index in [0.29, 0.717) is 23.0 Å². The lowest BCUT2D eigenvalue weighted by molar-refractivity contribution is -0.274. The predicted molar refractivity (Wildman–Crippen MR) is 92.9 cm³/mol. The van der Waals surface area contributed by atoms with E-state index in [1.807, 2.05) is 0 Å². The fraction of sp³-hybridized carbons (Fsp3) is 0.111. The van der Waals surface area contributed by atoms with Gasteiger partial charge in [-0.2, -0.15) is 0 Å². The number of hydrogen-bond donors (Lipinski definition) is 1. The van der Waals surface area contributed by atoms with Crippen molar-refractivity contribution in [3.8, 4) is 5.75 Å². The van der Waals surface area contributed by atoms with Gasteiger partial charge in [0.1, 0.15) is 29.5 Å². The lowest BCUT2D eigenvalue weighted by atomic mass is 10.2. The van der Waals surface area contributed by atoms with Crippen molar-refractivity contribution in [2.24, 2.45) is 0 Å². The second kappa shape index (κ2) is 7.48. The van der Waals surface area contributed by atoms with Crippen molar-refractivity contribution in [3.63, 3.8) is 0 Å². The van der Waals surface area contributed by atoms with Crippen LogP contribution in [0, 0.1) is 5.82 Å². The van der Waals surface area contributed by atoms with Gasteiger partial charge in [-0.3, -0.25) is 0 Å². The number of benzene rings is 2. The first-order chi connectivity index (χ1) is 12.8. The summed E-state index contributed by atoms with van der Waals surface area (Å²) in [6.07, 6.45) is -3.44. The van der Waals surface area contributed by atoms with Crippen LogP contribution in [-0.4, -0.2) is 23.4 Å². The van der Waals surface area contributed by atoms with E-state index in [2.05, 4.69) is 20.0 Å². The molecular weight excluding hydrogens is 364 g/mol. The Morgan fingerprint density at radius 1 is 1.00 bits per heavy atom. The van der Waals surface area contributed by atoms with Gasteiger partial charge in [-0.05, 0) is 36.4 Å². The molecular formula is C18H14F4N4O. The number of hydrogen-bond acceptors (Lipinski definition) is 5. The number of para-hydroxylation sites is 1. The lowest BCUT2D eigenvalue weighted by Gasteiger charge is -2.19. The zero-order chi connectivity index (χ0) is 19.4. The molecule has 0 atom stereocenters. The van der Waals surface area contributed by atoms with E-state index in [0.717, 1.165) is 0 Å². The molecule has 9 heteroatoms. The Morgan fingerprint density at radius 3 is 2.37 bits per heavy atom. The summed E-state index contributed by atoms with van der Waals surface area (Å²) in [5.74, 6) is 0.117. The average molecular weight is 378 g/mol. The van der Waals surface area contributed by atoms with Crippen molar-refractivity contribution < 1.29 is 22.3 Å². The molecule has 0 amide bonds. The van der Waals surface area contributed by atoms with Crippen LogP contribution in [0.15, 0.2) is 60.9 Å². The second-order valence-corrected chi connectivity index (χ2v) is 5.47. The van der Waals surface area contributed by atoms with Crippen LogP contribution < -0.4 is 15.0 Å². The SMILES string of the molecule is CN(c1cc(Nc2ccc(OC(F)(F)F)cc2)ncn1)c1ccccc1F. The molecule has 0 fully saturated rings. The Hall–Kier alpha value is -3.36. The van der Waals surface area contributed by atoms with Gasteiger partial charge >= 0.3 is 6.36 Å². The number of nitrogens with zero attached hydrogens (tertiary/aromatic N) is 3. The molecule has 0 aliphatic rings. The van der Waals surface area contributed by atoms with Crippen LogP contribution in [0.25, 0.3) is 0 Å². The fourth-order valence-corrected chi connectivity index (χ4v) is 2.33. The Kier molecular flexibility index (Phi) is 5.11. The Balaban J connectivity index is 1.75. The molecule has 1 heterocycles. The topological polar surface area (TPSA) is 50.3 Å². The maximum absolute atomic E-state index is 13.9. The van der Waals surface area contributed by atoms with E-state index in [9.17, 15) is 17.6 Å². The van der Waals surface area contributed by atoms with Gasteiger partial charge in [0.25, 0.3) is 0 Å². The van der Waals surface area contributed by atoms with Crippen LogP contribution in [0.1, 0.15) is 0 Å². The van der Waals surface area contributed by atoms with Gasteiger partial charge in [0.2, 0.25) is 0 Å². The number of ether oxygens (including phenoxy) is 1. The number of halogens is 4. The van der Waals surface area contributed by atoms with Gasteiger partial charge in [0.05, 0.1) is 5.69 Å². The highest BCUT2D eigenvalue weighted by atomic mass is 19.4. The quantitative estimate of drug-likeness (QED) is 0.632. The van der Waals surface area contributed by atoms with Crippen molar-refractivity contribution in [1.82, 2.24) is 9.97 Å². The fourth-order valence-electron chi connectivity index (χ4n) is 2.33. The first-order valence-corrected chi connectivity index (χ1v) is 7.75. The first kappa shape index (κ1) is 18.4. The van der Waals surface area contributed by atoms with Crippen LogP contribution in [0.3, 0.4) is 0 Å². The normalized spacial score (nSPS) is 11.1. The molecule has 0 spiro atoms. The van der Waals surface area contributed by atoms with E-state index >= 15 is 0 Å². The Labute approximate surface area is 152 Å². The standard InChI is InChI=1S/C18H14F4N4O/c1-26(15-5-3-2-4-14(15)19)17-10-16(23-11-24-17)25-12-6-8-13(9-7-12)27-18(20,21)22/h2-11H,1H3,(H,23,24,25). The molecule has 0 unspecified atom stereocenters. The minimum absolute atomic E-state index is 0.323. The number of anilines is 4. The first-order valence-electron chi connectivity index (χ1n) is 7.75. The van der Waals surface area contributed by atoms with Crippen molar-refractivity contribution >= 4 is 23.0 Å². The molecule has 0 aliphatic heterocycles. The molecule has 1 N–H and O–H groups in total. The van der Waals surface area contributed by atoms with Gasteiger partial charge in [-0.25, -0.2) is 14.4 Å². The summed E-state index contributed by atoms with van der Waals surface area (Å²) in [5, 5.41) is 2.95. The van der Waals surface area contributed by atoms with Gasteiger partial charge in [-0.15, -0.1) is 13.2 Å². The van der Waals surface area contributed by atoms with Crippen molar-refractivity contribution in [2.45, 2.75) is 6.36 Å². The van der Waals surface area contributed by atoms with Gasteiger partial charge < -0.3 is 15.0 Å². The van der Waals surface area contributed by atoms with Crippen molar-refractivity contribution in [2.75, 3.05) is 17.3 Å². The van der Waals surface area contributed by atoms with Crippen LogP contribution in [-0.2, 0) is 0 Å². The smallest absolute Gasteiger partial charge is 0.406 e. The van der Waals surface area contributed by atoms with Crippen LogP contribution >= 0.6 is 0 Å². The van der Waals surface area contributed by atoms with Crippen molar-refractivity contribution in [1.29, 1.82) is 0 Å². The van der Waals surface area contributed by atoms with Gasteiger partial charge in [0.15, 0.2) is 0 Å². The van der Waals surface area contributed by atoms with E-state index in [-0.39, 0.29) is 5.75 Å². The maximum atomic E-state index is 13.9. The minimum atomic E-state index is -4.74. The van der Waals surface area contributed by atoms with E-state index in [1.54, 1.807) is 36.2 Å². The summed E-state index contributed by atoms with van der Waals surface area (Å²) < 4.78 is 54.3. The average Bonchev–Trinajstić information content (AvgIpc) is 2.62. The molecule has 0 aliphatic carbocycles. The second-order valence-electron chi connectivity index (χ2n) is 5.47. The molecule has 5 nitrogen and oxygen atoms in total. The summed E-state index contributed by atoms with van der Waals surface area (Å²) in [6, 6.07) is 13.1. The molecule has 0 bridgehead atoms. The molecule has 1 aromatic heterocycles. The Bertz CT molecular complexity index is 916. The predicted octanol–water partition coefficient (Wildman–Crippen LogP) is 5.03. The van der Waals surface area contributed by atoms with Crippen LogP contribution in [0.4, 0.5) is 40.6 Å². The molecule has 2 aromatic carbocycles. The molecule has 0 saturated heterocycles. The highest BCUT2D eigenvalue weighted by molar-refractivity contribution is 5.65. The summed E-state index contributed by atoms with van der Waals surface area (Å²) in [6.45, 7) is 0. The van der Waals surface area contributed by atoms with Crippen LogP contribution in [0.5, 0.6) is 5.75 Å². The van der Waals surface area contributed by atoms with Gasteiger partial charge in [0, 0.05) is 18.8 Å².